The zero-order chi connectivity index (χ0) is 51.6. The number of furan rings is 1. The fourth-order valence-corrected chi connectivity index (χ4v) is 11.8. The molecule has 2 aliphatic rings. The minimum absolute atomic E-state index is 0.0139. The maximum absolute atomic E-state index is 7.16. The highest BCUT2D eigenvalue weighted by atomic mass is 16.3. The summed E-state index contributed by atoms with van der Waals surface area (Å²) in [4.78, 5) is 5.16. The van der Waals surface area contributed by atoms with Crippen molar-refractivity contribution in [3.63, 3.8) is 0 Å². The molecule has 0 bridgehead atoms. The second-order valence-electron chi connectivity index (χ2n) is 25.1. The van der Waals surface area contributed by atoms with E-state index in [4.69, 9.17) is 4.42 Å². The summed E-state index contributed by atoms with van der Waals surface area (Å²) in [5, 5.41) is 2.28. The van der Waals surface area contributed by atoms with Crippen LogP contribution in [0.15, 0.2) is 192 Å². The number of benzene rings is 9. The second kappa shape index (κ2) is 17.0. The van der Waals surface area contributed by atoms with E-state index >= 15 is 0 Å². The van der Waals surface area contributed by atoms with Gasteiger partial charge in [-0.2, -0.15) is 0 Å². The third kappa shape index (κ3) is 7.86. The Labute approximate surface area is 439 Å². The zero-order valence-electron chi connectivity index (χ0n) is 45.3. The van der Waals surface area contributed by atoms with Crippen LogP contribution >= 0.6 is 0 Å². The molecule has 0 radical (unpaired) electrons. The average Bonchev–Trinajstić information content (AvgIpc) is 3.78. The van der Waals surface area contributed by atoms with E-state index in [1.165, 1.54) is 78.4 Å². The Hall–Kier alpha value is -7.62. The van der Waals surface area contributed by atoms with Crippen LogP contribution in [0.4, 0.5) is 34.1 Å². The number of para-hydroxylation sites is 3. The summed E-state index contributed by atoms with van der Waals surface area (Å²) >= 11 is 0. The normalized spacial score (nSPS) is 14.6. The summed E-state index contributed by atoms with van der Waals surface area (Å²) in [6.07, 6.45) is 0. The van der Waals surface area contributed by atoms with Gasteiger partial charge in [-0.1, -0.05) is 229 Å². The molecular weight excluding hydrogens is 897 g/mol. The van der Waals surface area contributed by atoms with Gasteiger partial charge in [0.1, 0.15) is 11.2 Å². The van der Waals surface area contributed by atoms with E-state index in [-0.39, 0.29) is 27.6 Å². The maximum atomic E-state index is 7.16. The van der Waals surface area contributed by atoms with Crippen molar-refractivity contribution in [2.45, 2.75) is 111 Å². The molecule has 0 saturated heterocycles. The van der Waals surface area contributed by atoms with E-state index in [0.29, 0.717) is 0 Å². The van der Waals surface area contributed by atoms with Gasteiger partial charge in [-0.05, 0) is 114 Å². The van der Waals surface area contributed by atoms with Crippen LogP contribution < -0.4 is 9.80 Å². The van der Waals surface area contributed by atoms with Gasteiger partial charge in [-0.15, -0.1) is 0 Å². The SMILES string of the molecule is CC(C)(C)c1ccc(N2c3ccc(C(C)(C)C)cc3C3c4cc(C(C)(C)C)ccc4N(c4ccccc4-c4cccc5c4oc4c(C(C)(C)C)cccc45)c4cc(-c5ccc(-c6ccccc6)cc5)cc2c43)cc1. The van der Waals surface area contributed by atoms with Gasteiger partial charge in [0.25, 0.3) is 0 Å². The smallest absolute Gasteiger partial charge is 0.143 e. The monoisotopic (exact) mass is 965 g/mol. The van der Waals surface area contributed by atoms with Crippen molar-refractivity contribution in [2.24, 2.45) is 0 Å². The van der Waals surface area contributed by atoms with Gasteiger partial charge >= 0.3 is 0 Å². The predicted octanol–water partition coefficient (Wildman–Crippen LogP) is 20.5. The van der Waals surface area contributed by atoms with Gasteiger partial charge in [-0.3, -0.25) is 0 Å². The number of hydrogen-bond donors (Lipinski definition) is 0. The van der Waals surface area contributed by atoms with Crippen molar-refractivity contribution in [1.29, 1.82) is 0 Å². The first-order valence-corrected chi connectivity index (χ1v) is 26.6. The first-order chi connectivity index (χ1) is 35.2. The summed E-state index contributed by atoms with van der Waals surface area (Å²) in [5.41, 5.74) is 24.7. The van der Waals surface area contributed by atoms with Gasteiger partial charge in [0.2, 0.25) is 0 Å². The molecule has 0 amide bonds. The Kier molecular flexibility index (Phi) is 10.9. The van der Waals surface area contributed by atoms with Gasteiger partial charge in [0.15, 0.2) is 0 Å². The van der Waals surface area contributed by atoms with E-state index in [9.17, 15) is 0 Å². The lowest BCUT2D eigenvalue weighted by Gasteiger charge is -2.46. The molecule has 9 aromatic carbocycles. The van der Waals surface area contributed by atoms with Crippen molar-refractivity contribution < 1.29 is 4.42 Å². The third-order valence-electron chi connectivity index (χ3n) is 15.9. The van der Waals surface area contributed by atoms with Crippen LogP contribution in [0.1, 0.15) is 128 Å². The zero-order valence-corrected chi connectivity index (χ0v) is 45.3. The molecule has 3 heteroatoms. The van der Waals surface area contributed by atoms with E-state index in [0.717, 1.165) is 50.0 Å². The number of hydrogen-bond acceptors (Lipinski definition) is 3. The standard InChI is InChI=1S/C71H68N2O/c1-68(2,3)48-32-36-51(37-33-48)72-60-38-34-49(69(4,5)6)42-56(60)64-57-43-50(70(7,8)9)35-39-61(57)73(63-41-47(40-62(72)65(63)64)46-30-28-45(29-31-46)44-20-14-13-15-21-44)59-27-17-16-22-52(59)53-23-18-24-54-55-25-19-26-58(71(10,11)12)67(55)74-66(53)54/h13-43,64H,1-12H3. The molecule has 3 nitrogen and oxygen atoms in total. The van der Waals surface area contributed by atoms with Crippen LogP contribution in [0.25, 0.3) is 55.3 Å². The Morgan fingerprint density at radius 1 is 0.338 bits per heavy atom. The van der Waals surface area contributed by atoms with Gasteiger partial charge in [-0.25, -0.2) is 0 Å². The Balaban J connectivity index is 1.18. The molecule has 2 aliphatic heterocycles. The topological polar surface area (TPSA) is 19.6 Å². The molecule has 10 aromatic rings. The van der Waals surface area contributed by atoms with Crippen LogP contribution in [0, 0.1) is 0 Å². The van der Waals surface area contributed by atoms with Crippen molar-refractivity contribution in [2.75, 3.05) is 9.80 Å². The van der Waals surface area contributed by atoms with Crippen molar-refractivity contribution >= 4 is 56.1 Å². The lowest BCUT2D eigenvalue weighted by atomic mass is 9.72. The number of anilines is 6. The summed E-state index contributed by atoms with van der Waals surface area (Å²) < 4.78 is 7.16. The fraction of sp³-hybridized carbons (Fsp3) is 0.239. The Morgan fingerprint density at radius 3 is 1.42 bits per heavy atom. The van der Waals surface area contributed by atoms with Gasteiger partial charge in [0, 0.05) is 44.6 Å². The molecule has 12 rings (SSSR count). The second-order valence-corrected chi connectivity index (χ2v) is 25.1. The van der Waals surface area contributed by atoms with Gasteiger partial charge in [0.05, 0.1) is 28.4 Å². The molecule has 0 fully saturated rings. The van der Waals surface area contributed by atoms with Crippen LogP contribution in [-0.2, 0) is 21.7 Å². The van der Waals surface area contributed by atoms with Crippen LogP contribution in [-0.4, -0.2) is 0 Å². The predicted molar refractivity (Wildman–Crippen MR) is 315 cm³/mol. The molecule has 74 heavy (non-hydrogen) atoms. The Morgan fingerprint density at radius 2 is 0.824 bits per heavy atom. The Bertz CT molecular complexity index is 3810. The number of rotatable bonds is 5. The fourth-order valence-electron chi connectivity index (χ4n) is 11.8. The molecule has 3 heterocycles. The average molecular weight is 965 g/mol. The van der Waals surface area contributed by atoms with Crippen LogP contribution in [0.2, 0.25) is 0 Å². The molecule has 368 valence electrons. The molecule has 0 spiro atoms. The maximum Gasteiger partial charge on any atom is 0.143 e. The highest BCUT2D eigenvalue weighted by Crippen LogP contribution is 2.63. The van der Waals surface area contributed by atoms with E-state index in [1.807, 2.05) is 0 Å². The quantitative estimate of drug-likeness (QED) is 0.171. The highest BCUT2D eigenvalue weighted by Gasteiger charge is 2.43. The molecule has 1 unspecified atom stereocenters. The van der Waals surface area contributed by atoms with Crippen LogP contribution in [0.5, 0.6) is 0 Å². The van der Waals surface area contributed by atoms with E-state index in [1.54, 1.807) is 0 Å². The molecule has 0 aliphatic carbocycles. The first-order valence-electron chi connectivity index (χ1n) is 26.6. The van der Waals surface area contributed by atoms with E-state index < -0.39 is 0 Å². The molecular formula is C71H68N2O. The summed E-state index contributed by atoms with van der Waals surface area (Å²) in [7, 11) is 0. The summed E-state index contributed by atoms with van der Waals surface area (Å²) in [6.45, 7) is 27.8. The van der Waals surface area contributed by atoms with Crippen molar-refractivity contribution in [1.82, 2.24) is 0 Å². The summed E-state index contributed by atoms with van der Waals surface area (Å²) in [5.74, 6) is -0.0489. The highest BCUT2D eigenvalue weighted by molar-refractivity contribution is 6.12. The lowest BCUT2D eigenvalue weighted by Crippen LogP contribution is -2.30. The van der Waals surface area contributed by atoms with Crippen molar-refractivity contribution in [3.8, 4) is 33.4 Å². The number of nitrogens with zero attached hydrogens (tertiary/aromatic N) is 2. The molecule has 0 N–H and O–H groups in total. The van der Waals surface area contributed by atoms with Crippen molar-refractivity contribution in [3.05, 3.63) is 227 Å². The van der Waals surface area contributed by atoms with Gasteiger partial charge < -0.3 is 14.2 Å². The largest absolute Gasteiger partial charge is 0.455 e. The van der Waals surface area contributed by atoms with Crippen LogP contribution in [0.3, 0.4) is 0 Å². The first kappa shape index (κ1) is 47.4. The molecule has 1 aromatic heterocycles. The number of fused-ring (bicyclic) bond motifs is 7. The lowest BCUT2D eigenvalue weighted by molar-refractivity contribution is 0.573. The third-order valence-corrected chi connectivity index (χ3v) is 15.9. The van der Waals surface area contributed by atoms with E-state index in [2.05, 4.69) is 281 Å². The minimum Gasteiger partial charge on any atom is -0.455 e. The molecule has 0 saturated carbocycles. The minimum atomic E-state index is -0.0911. The summed E-state index contributed by atoms with van der Waals surface area (Å²) in [6, 6.07) is 71.1. The molecule has 1 atom stereocenters.